The van der Waals surface area contributed by atoms with Crippen LogP contribution in [0.15, 0.2) is 54.6 Å². The third-order valence-corrected chi connectivity index (χ3v) is 5.14. The van der Waals surface area contributed by atoms with E-state index >= 15 is 0 Å². The fourth-order valence-corrected chi connectivity index (χ4v) is 3.61. The van der Waals surface area contributed by atoms with E-state index in [-0.39, 0.29) is 11.3 Å². The van der Waals surface area contributed by atoms with E-state index in [1.54, 1.807) is 0 Å². The second-order valence-electron chi connectivity index (χ2n) is 8.18. The van der Waals surface area contributed by atoms with Crippen molar-refractivity contribution in [2.24, 2.45) is 0 Å². The molecule has 4 nitrogen and oxygen atoms in total. The summed E-state index contributed by atoms with van der Waals surface area (Å²) in [5.74, 6) is 0.239. The van der Waals surface area contributed by atoms with Gasteiger partial charge in [0.05, 0.1) is 0 Å². The Balaban J connectivity index is 1.47. The molecule has 0 radical (unpaired) electrons. The van der Waals surface area contributed by atoms with Crippen LogP contribution in [-0.4, -0.2) is 43.5 Å². The molecule has 27 heavy (non-hydrogen) atoms. The zero-order valence-electron chi connectivity index (χ0n) is 16.7. The largest absolute Gasteiger partial charge is 0.384 e. The van der Waals surface area contributed by atoms with E-state index in [1.807, 2.05) is 17.0 Å². The van der Waals surface area contributed by atoms with Gasteiger partial charge in [0.2, 0.25) is 5.91 Å². The van der Waals surface area contributed by atoms with Gasteiger partial charge in [-0.15, -0.1) is 0 Å². The van der Waals surface area contributed by atoms with Crippen LogP contribution in [0.4, 0.5) is 11.4 Å². The summed E-state index contributed by atoms with van der Waals surface area (Å²) >= 11 is 0. The van der Waals surface area contributed by atoms with Crippen LogP contribution in [0.25, 0.3) is 0 Å². The number of hydrogen-bond donors (Lipinski definition) is 1. The van der Waals surface area contributed by atoms with Crippen molar-refractivity contribution in [1.82, 2.24) is 4.90 Å². The van der Waals surface area contributed by atoms with E-state index in [0.29, 0.717) is 13.0 Å². The van der Waals surface area contributed by atoms with E-state index in [0.717, 1.165) is 31.9 Å². The van der Waals surface area contributed by atoms with Crippen molar-refractivity contribution < 1.29 is 4.79 Å². The zero-order valence-corrected chi connectivity index (χ0v) is 16.7. The molecule has 4 heteroatoms. The van der Waals surface area contributed by atoms with Gasteiger partial charge in [-0.3, -0.25) is 4.79 Å². The summed E-state index contributed by atoms with van der Waals surface area (Å²) in [5.41, 5.74) is 3.74. The molecule has 1 aliphatic heterocycles. The molecule has 0 aliphatic carbocycles. The van der Waals surface area contributed by atoms with Gasteiger partial charge >= 0.3 is 0 Å². The molecule has 0 saturated carbocycles. The van der Waals surface area contributed by atoms with Crippen LogP contribution >= 0.6 is 0 Å². The molecule has 144 valence electrons. The minimum atomic E-state index is 0.0847. The Morgan fingerprint density at radius 1 is 0.926 bits per heavy atom. The zero-order chi connectivity index (χ0) is 19.3. The van der Waals surface area contributed by atoms with Crippen LogP contribution in [0.2, 0.25) is 0 Å². The first kappa shape index (κ1) is 19.3. The fourth-order valence-electron chi connectivity index (χ4n) is 3.61. The average Bonchev–Trinajstić information content (AvgIpc) is 2.68. The number of rotatable bonds is 5. The van der Waals surface area contributed by atoms with Crippen molar-refractivity contribution in [2.75, 3.05) is 42.9 Å². The number of piperazine rings is 1. The number of hydrogen-bond acceptors (Lipinski definition) is 3. The van der Waals surface area contributed by atoms with Crippen LogP contribution in [0.5, 0.6) is 0 Å². The first-order chi connectivity index (χ1) is 12.9. The van der Waals surface area contributed by atoms with E-state index in [4.69, 9.17) is 0 Å². The smallest absolute Gasteiger partial charge is 0.224 e. The molecule has 0 unspecified atom stereocenters. The standard InChI is InChI=1S/C23H31N3O/c1-23(2,3)20-11-7-8-12-21(20)24-14-13-22(27)26-17-15-25(16-18-26)19-9-5-4-6-10-19/h4-12,24H,13-18H2,1-3H3. The van der Waals surface area contributed by atoms with E-state index in [2.05, 4.69) is 73.5 Å². The summed E-state index contributed by atoms with van der Waals surface area (Å²) in [7, 11) is 0. The Labute approximate surface area is 163 Å². The van der Waals surface area contributed by atoms with E-state index in [1.165, 1.54) is 11.3 Å². The Morgan fingerprint density at radius 2 is 1.56 bits per heavy atom. The Morgan fingerprint density at radius 3 is 2.22 bits per heavy atom. The molecule has 1 heterocycles. The summed E-state index contributed by atoms with van der Waals surface area (Å²) in [6, 6.07) is 18.8. The molecular formula is C23H31N3O. The second-order valence-corrected chi connectivity index (χ2v) is 8.18. The van der Waals surface area contributed by atoms with Gasteiger partial charge in [0.15, 0.2) is 0 Å². The highest BCUT2D eigenvalue weighted by molar-refractivity contribution is 5.77. The topological polar surface area (TPSA) is 35.6 Å². The van der Waals surface area contributed by atoms with Gasteiger partial charge in [0, 0.05) is 50.5 Å². The normalized spacial score (nSPS) is 14.9. The molecule has 1 N–H and O–H groups in total. The number of benzene rings is 2. The van der Waals surface area contributed by atoms with Gasteiger partial charge in [0.1, 0.15) is 0 Å². The highest BCUT2D eigenvalue weighted by Crippen LogP contribution is 2.29. The molecule has 0 atom stereocenters. The lowest BCUT2D eigenvalue weighted by molar-refractivity contribution is -0.131. The molecule has 1 aliphatic rings. The Kier molecular flexibility index (Phi) is 6.04. The van der Waals surface area contributed by atoms with Crippen molar-refractivity contribution in [3.63, 3.8) is 0 Å². The minimum Gasteiger partial charge on any atom is -0.384 e. The molecule has 0 aromatic heterocycles. The quantitative estimate of drug-likeness (QED) is 0.865. The molecule has 1 fully saturated rings. The van der Waals surface area contributed by atoms with E-state index in [9.17, 15) is 4.79 Å². The molecule has 1 saturated heterocycles. The van der Waals surface area contributed by atoms with Crippen LogP contribution in [0.1, 0.15) is 32.8 Å². The summed E-state index contributed by atoms with van der Waals surface area (Å²) < 4.78 is 0. The van der Waals surface area contributed by atoms with Crippen LogP contribution in [-0.2, 0) is 10.2 Å². The Hall–Kier alpha value is -2.49. The second kappa shape index (κ2) is 8.47. The van der Waals surface area contributed by atoms with Crippen molar-refractivity contribution in [3.05, 3.63) is 60.2 Å². The van der Waals surface area contributed by atoms with Gasteiger partial charge in [-0.1, -0.05) is 57.2 Å². The lowest BCUT2D eigenvalue weighted by Gasteiger charge is -2.36. The van der Waals surface area contributed by atoms with Gasteiger partial charge < -0.3 is 15.1 Å². The van der Waals surface area contributed by atoms with Crippen LogP contribution in [0, 0.1) is 0 Å². The lowest BCUT2D eigenvalue weighted by Crippen LogP contribution is -2.49. The highest BCUT2D eigenvalue weighted by atomic mass is 16.2. The fraction of sp³-hybridized carbons (Fsp3) is 0.435. The lowest BCUT2D eigenvalue weighted by atomic mass is 9.86. The maximum absolute atomic E-state index is 12.6. The summed E-state index contributed by atoms with van der Waals surface area (Å²) in [6.07, 6.45) is 0.532. The van der Waals surface area contributed by atoms with Gasteiger partial charge in [0.25, 0.3) is 0 Å². The monoisotopic (exact) mass is 365 g/mol. The number of amides is 1. The average molecular weight is 366 g/mol. The van der Waals surface area contributed by atoms with Gasteiger partial charge in [-0.2, -0.15) is 0 Å². The summed E-state index contributed by atoms with van der Waals surface area (Å²) in [5, 5.41) is 3.47. The molecule has 2 aromatic rings. The predicted molar refractivity (Wildman–Crippen MR) is 113 cm³/mol. The third kappa shape index (κ3) is 5.03. The van der Waals surface area contributed by atoms with Gasteiger partial charge in [-0.25, -0.2) is 0 Å². The highest BCUT2D eigenvalue weighted by Gasteiger charge is 2.21. The molecule has 1 amide bonds. The SMILES string of the molecule is CC(C)(C)c1ccccc1NCCC(=O)N1CCN(c2ccccc2)CC1. The Bertz CT molecular complexity index is 744. The molecule has 3 rings (SSSR count). The van der Waals surface area contributed by atoms with E-state index < -0.39 is 0 Å². The third-order valence-electron chi connectivity index (χ3n) is 5.14. The maximum Gasteiger partial charge on any atom is 0.224 e. The number of nitrogens with one attached hydrogen (secondary N) is 1. The number of carbonyl (C=O) groups excluding carboxylic acids is 1. The summed E-state index contributed by atoms with van der Waals surface area (Å²) in [4.78, 5) is 16.9. The minimum absolute atomic E-state index is 0.0847. The predicted octanol–water partition coefficient (Wildman–Crippen LogP) is 4.13. The molecule has 2 aromatic carbocycles. The molecule has 0 bridgehead atoms. The maximum atomic E-state index is 12.6. The number of carbonyl (C=O) groups is 1. The van der Waals surface area contributed by atoms with Crippen molar-refractivity contribution in [3.8, 4) is 0 Å². The van der Waals surface area contributed by atoms with Crippen molar-refractivity contribution >= 4 is 17.3 Å². The van der Waals surface area contributed by atoms with Crippen LogP contribution in [0.3, 0.4) is 0 Å². The molecular weight excluding hydrogens is 334 g/mol. The molecule has 0 spiro atoms. The summed E-state index contributed by atoms with van der Waals surface area (Å²) in [6.45, 7) is 10.7. The van der Waals surface area contributed by atoms with Crippen molar-refractivity contribution in [2.45, 2.75) is 32.6 Å². The van der Waals surface area contributed by atoms with Gasteiger partial charge in [-0.05, 0) is 29.2 Å². The number of nitrogens with zero attached hydrogens (tertiary/aromatic N) is 2. The number of anilines is 2. The first-order valence-corrected chi connectivity index (χ1v) is 9.86. The van der Waals surface area contributed by atoms with Crippen LogP contribution < -0.4 is 10.2 Å². The first-order valence-electron chi connectivity index (χ1n) is 9.86. The number of para-hydroxylation sites is 2. The van der Waals surface area contributed by atoms with Crippen molar-refractivity contribution in [1.29, 1.82) is 0 Å².